The van der Waals surface area contributed by atoms with E-state index >= 15 is 0 Å². The highest BCUT2D eigenvalue weighted by atomic mass is 16.6. The number of carbonyl (C=O) groups is 2. The first-order chi connectivity index (χ1) is 16.1. The largest absolute Gasteiger partial charge is 0.460 e. The molecule has 0 N–H and O–H groups in total. The van der Waals surface area contributed by atoms with E-state index in [-0.39, 0.29) is 23.1 Å². The Kier molecular flexibility index (Phi) is 19.2. The molecule has 34 heavy (non-hydrogen) atoms. The Morgan fingerprint density at radius 1 is 0.559 bits per heavy atom. The van der Waals surface area contributed by atoms with Crippen molar-refractivity contribution in [2.75, 3.05) is 0 Å². The van der Waals surface area contributed by atoms with Crippen LogP contribution in [0.4, 0.5) is 0 Å². The molecule has 0 atom stereocenters. The van der Waals surface area contributed by atoms with Crippen LogP contribution in [0.3, 0.4) is 0 Å². The molecule has 0 bridgehead atoms. The van der Waals surface area contributed by atoms with E-state index in [4.69, 9.17) is 9.47 Å². The van der Waals surface area contributed by atoms with Gasteiger partial charge in [-0.25, -0.2) is 0 Å². The number of esters is 2. The average Bonchev–Trinajstić information content (AvgIpc) is 2.77. The second-order valence-electron chi connectivity index (χ2n) is 11.0. The Bertz CT molecular complexity index is 548. The molecule has 0 aliphatic rings. The first-order valence-corrected chi connectivity index (χ1v) is 14.2. The molecule has 0 radical (unpaired) electrons. The number of allylic oxidation sites excluding steroid dienone is 1. The zero-order valence-corrected chi connectivity index (χ0v) is 23.5. The number of ether oxygens (including phenoxy) is 2. The summed E-state index contributed by atoms with van der Waals surface area (Å²) in [7, 11) is 0. The van der Waals surface area contributed by atoms with Gasteiger partial charge in [0.05, 0.1) is 6.42 Å². The Morgan fingerprint density at radius 2 is 0.941 bits per heavy atom. The molecule has 0 aromatic rings. The summed E-state index contributed by atoms with van der Waals surface area (Å²) in [5.41, 5.74) is -0.673. The molecular formula is C30H56O4. The smallest absolute Gasteiger partial charge is 0.310 e. The van der Waals surface area contributed by atoms with E-state index in [2.05, 4.69) is 6.08 Å². The maximum absolute atomic E-state index is 11.8. The summed E-state index contributed by atoms with van der Waals surface area (Å²) >= 11 is 0. The highest BCUT2D eigenvalue weighted by Gasteiger charge is 2.20. The van der Waals surface area contributed by atoms with Crippen LogP contribution in [0.25, 0.3) is 0 Å². The molecule has 0 aromatic heterocycles. The topological polar surface area (TPSA) is 52.6 Å². The maximum Gasteiger partial charge on any atom is 0.310 e. The lowest BCUT2D eigenvalue weighted by Crippen LogP contribution is -2.26. The minimum Gasteiger partial charge on any atom is -0.460 e. The van der Waals surface area contributed by atoms with Crippen LogP contribution in [0, 0.1) is 0 Å². The molecular weight excluding hydrogens is 424 g/mol. The van der Waals surface area contributed by atoms with Crippen molar-refractivity contribution >= 4 is 11.9 Å². The quantitative estimate of drug-likeness (QED) is 0.0880. The number of rotatable bonds is 22. The van der Waals surface area contributed by atoms with Crippen molar-refractivity contribution in [1.82, 2.24) is 0 Å². The van der Waals surface area contributed by atoms with Gasteiger partial charge in [-0.1, -0.05) is 96.6 Å². The monoisotopic (exact) mass is 480 g/mol. The van der Waals surface area contributed by atoms with Gasteiger partial charge in [0.15, 0.2) is 0 Å². The standard InChI is InChI=1S/C30H56O4/c1-7-29(3,4)33-27(31)25-23-21-19-17-15-13-11-9-10-12-14-16-18-20-22-24-26-28(32)34-30(5,6)8-2/h21,23H,7-20,22,24-26H2,1-6H3/b23-21+. The van der Waals surface area contributed by atoms with Crippen molar-refractivity contribution in [2.24, 2.45) is 0 Å². The Labute approximate surface area is 211 Å². The molecule has 0 spiro atoms. The zero-order valence-electron chi connectivity index (χ0n) is 23.5. The van der Waals surface area contributed by atoms with Crippen molar-refractivity contribution in [3.8, 4) is 0 Å². The van der Waals surface area contributed by atoms with Gasteiger partial charge in [0.2, 0.25) is 0 Å². The fourth-order valence-electron chi connectivity index (χ4n) is 3.63. The van der Waals surface area contributed by atoms with Crippen LogP contribution < -0.4 is 0 Å². The summed E-state index contributed by atoms with van der Waals surface area (Å²) in [6.45, 7) is 11.9. The molecule has 200 valence electrons. The minimum absolute atomic E-state index is 0.0445. The van der Waals surface area contributed by atoms with E-state index in [1.165, 1.54) is 70.6 Å². The molecule has 0 aliphatic carbocycles. The second kappa shape index (κ2) is 19.9. The van der Waals surface area contributed by atoms with Crippen LogP contribution in [-0.2, 0) is 19.1 Å². The number of unbranched alkanes of at least 4 members (excludes halogenated alkanes) is 13. The van der Waals surface area contributed by atoms with E-state index in [1.807, 2.05) is 47.6 Å². The van der Waals surface area contributed by atoms with E-state index in [0.717, 1.165) is 32.1 Å². The van der Waals surface area contributed by atoms with Crippen molar-refractivity contribution in [3.63, 3.8) is 0 Å². The molecule has 0 rings (SSSR count). The second-order valence-corrected chi connectivity index (χ2v) is 11.0. The summed E-state index contributed by atoms with van der Waals surface area (Å²) in [4.78, 5) is 23.6. The van der Waals surface area contributed by atoms with Gasteiger partial charge in [-0.05, 0) is 59.8 Å². The number of carbonyl (C=O) groups excluding carboxylic acids is 2. The molecule has 0 amide bonds. The predicted molar refractivity (Wildman–Crippen MR) is 144 cm³/mol. The normalized spacial score (nSPS) is 12.3. The van der Waals surface area contributed by atoms with Crippen molar-refractivity contribution in [3.05, 3.63) is 12.2 Å². The predicted octanol–water partition coefficient (Wildman–Crippen LogP) is 9.25. The third-order valence-electron chi connectivity index (χ3n) is 6.69. The van der Waals surface area contributed by atoms with E-state index in [9.17, 15) is 9.59 Å². The highest BCUT2D eigenvalue weighted by molar-refractivity contribution is 5.71. The van der Waals surface area contributed by atoms with Crippen molar-refractivity contribution in [1.29, 1.82) is 0 Å². The van der Waals surface area contributed by atoms with Crippen LogP contribution in [0.1, 0.15) is 157 Å². The summed E-state index contributed by atoms with van der Waals surface area (Å²) < 4.78 is 10.9. The average molecular weight is 481 g/mol. The van der Waals surface area contributed by atoms with Gasteiger partial charge >= 0.3 is 11.9 Å². The van der Waals surface area contributed by atoms with Gasteiger partial charge < -0.3 is 9.47 Å². The summed E-state index contributed by atoms with van der Waals surface area (Å²) in [5, 5.41) is 0. The third kappa shape index (κ3) is 21.2. The molecule has 0 saturated carbocycles. The Hall–Kier alpha value is -1.32. The molecule has 0 aliphatic heterocycles. The van der Waals surface area contributed by atoms with Crippen molar-refractivity contribution in [2.45, 2.75) is 168 Å². The fraction of sp³-hybridized carbons (Fsp3) is 0.867. The lowest BCUT2D eigenvalue weighted by molar-refractivity contribution is -0.157. The lowest BCUT2D eigenvalue weighted by atomic mass is 10.0. The molecule has 4 nitrogen and oxygen atoms in total. The van der Waals surface area contributed by atoms with Crippen molar-refractivity contribution < 1.29 is 19.1 Å². The molecule has 0 heterocycles. The van der Waals surface area contributed by atoms with E-state index < -0.39 is 0 Å². The first kappa shape index (κ1) is 32.7. The Morgan fingerprint density at radius 3 is 1.38 bits per heavy atom. The molecule has 0 aromatic carbocycles. The van der Waals surface area contributed by atoms with Gasteiger partial charge in [0.1, 0.15) is 11.2 Å². The fourth-order valence-corrected chi connectivity index (χ4v) is 3.63. The SMILES string of the molecule is CCC(C)(C)OC(=O)C/C=C/CCCCCCCCCCCCCCCC(=O)OC(C)(C)CC. The van der Waals surface area contributed by atoms with Gasteiger partial charge in [-0.3, -0.25) is 9.59 Å². The van der Waals surface area contributed by atoms with Crippen LogP contribution in [0.2, 0.25) is 0 Å². The van der Waals surface area contributed by atoms with Crippen LogP contribution in [0.5, 0.6) is 0 Å². The van der Waals surface area contributed by atoms with Gasteiger partial charge in [0, 0.05) is 6.42 Å². The van der Waals surface area contributed by atoms with Gasteiger partial charge in [0.25, 0.3) is 0 Å². The van der Waals surface area contributed by atoms with Crippen LogP contribution >= 0.6 is 0 Å². The molecule has 0 fully saturated rings. The van der Waals surface area contributed by atoms with Gasteiger partial charge in [-0.2, -0.15) is 0 Å². The Balaban J connectivity index is 3.36. The lowest BCUT2D eigenvalue weighted by Gasteiger charge is -2.23. The van der Waals surface area contributed by atoms with E-state index in [0.29, 0.717) is 12.8 Å². The van der Waals surface area contributed by atoms with Crippen LogP contribution in [0.15, 0.2) is 12.2 Å². The van der Waals surface area contributed by atoms with Gasteiger partial charge in [-0.15, -0.1) is 0 Å². The summed E-state index contributed by atoms with van der Waals surface area (Å²) in [6.07, 6.45) is 24.3. The zero-order chi connectivity index (χ0) is 25.7. The summed E-state index contributed by atoms with van der Waals surface area (Å²) in [5.74, 6) is -0.173. The first-order valence-electron chi connectivity index (χ1n) is 14.2. The number of hydrogen-bond donors (Lipinski definition) is 0. The maximum atomic E-state index is 11.8. The molecule has 4 heteroatoms. The van der Waals surface area contributed by atoms with E-state index in [1.54, 1.807) is 0 Å². The minimum atomic E-state index is -0.352. The van der Waals surface area contributed by atoms with Crippen LogP contribution in [-0.4, -0.2) is 23.1 Å². The summed E-state index contributed by atoms with van der Waals surface area (Å²) in [6, 6.07) is 0. The highest BCUT2D eigenvalue weighted by Crippen LogP contribution is 2.17. The molecule has 0 saturated heterocycles. The number of hydrogen-bond acceptors (Lipinski definition) is 4. The third-order valence-corrected chi connectivity index (χ3v) is 6.69. The molecule has 0 unspecified atom stereocenters.